The van der Waals surface area contributed by atoms with Crippen LogP contribution in [0.3, 0.4) is 0 Å². The molecule has 0 aliphatic rings. The summed E-state index contributed by atoms with van der Waals surface area (Å²) in [6.07, 6.45) is 0. The van der Waals surface area contributed by atoms with Crippen LogP contribution < -0.4 is 5.56 Å². The number of nitrogens with one attached hydrogen (secondary N) is 1. The van der Waals surface area contributed by atoms with E-state index in [4.69, 9.17) is 0 Å². The number of rotatable bonds is 6. The molecule has 172 valence electrons. The van der Waals surface area contributed by atoms with Crippen molar-refractivity contribution in [1.82, 2.24) is 30.1 Å². The Kier molecular flexibility index (Phi) is 6.17. The van der Waals surface area contributed by atoms with E-state index in [1.807, 2.05) is 17.7 Å². The maximum Gasteiger partial charge on any atom is 0.252 e. The van der Waals surface area contributed by atoms with Gasteiger partial charge in [-0.05, 0) is 80.1 Å². The highest BCUT2D eigenvalue weighted by molar-refractivity contribution is 5.83. The summed E-state index contributed by atoms with van der Waals surface area (Å²) < 4.78 is 1.85. The largest absolute Gasteiger partial charge is 0.321 e. The van der Waals surface area contributed by atoms with Crippen LogP contribution in [0.1, 0.15) is 54.4 Å². The van der Waals surface area contributed by atoms with E-state index in [1.54, 1.807) is 0 Å². The molecular formula is C26H32N6O. The minimum Gasteiger partial charge on any atom is -0.321 e. The fourth-order valence-electron chi connectivity index (χ4n) is 4.07. The summed E-state index contributed by atoms with van der Waals surface area (Å²) in [4.78, 5) is 18.4. The summed E-state index contributed by atoms with van der Waals surface area (Å²) in [6, 6.07) is 14.7. The molecule has 4 rings (SSSR count). The molecule has 2 aromatic heterocycles. The van der Waals surface area contributed by atoms with Crippen molar-refractivity contribution in [2.45, 2.75) is 66.7 Å². The molecule has 0 amide bonds. The van der Waals surface area contributed by atoms with Crippen LogP contribution in [0.15, 0.2) is 47.3 Å². The van der Waals surface area contributed by atoms with Crippen LogP contribution in [0, 0.1) is 20.8 Å². The van der Waals surface area contributed by atoms with Gasteiger partial charge < -0.3 is 4.98 Å². The van der Waals surface area contributed by atoms with Crippen LogP contribution in [0.4, 0.5) is 0 Å². The van der Waals surface area contributed by atoms with E-state index >= 15 is 0 Å². The van der Waals surface area contributed by atoms with E-state index in [-0.39, 0.29) is 11.1 Å². The van der Waals surface area contributed by atoms with Gasteiger partial charge in [0.05, 0.1) is 17.6 Å². The third-order valence-corrected chi connectivity index (χ3v) is 6.08. The summed E-state index contributed by atoms with van der Waals surface area (Å²) in [6.45, 7) is 14.1. The number of hydrogen-bond acceptors (Lipinski definition) is 5. The van der Waals surface area contributed by atoms with Gasteiger partial charge in [-0.15, -0.1) is 5.10 Å². The Morgan fingerprint density at radius 2 is 1.70 bits per heavy atom. The minimum atomic E-state index is -0.232. The Morgan fingerprint density at radius 1 is 0.970 bits per heavy atom. The summed E-state index contributed by atoms with van der Waals surface area (Å²) in [5.41, 5.74) is 6.03. The molecule has 1 N–H and O–H groups in total. The predicted molar refractivity (Wildman–Crippen MR) is 131 cm³/mol. The average molecular weight is 445 g/mol. The van der Waals surface area contributed by atoms with Crippen molar-refractivity contribution in [3.05, 3.63) is 86.5 Å². The lowest BCUT2D eigenvalue weighted by Crippen LogP contribution is -2.31. The van der Waals surface area contributed by atoms with E-state index in [1.165, 1.54) is 16.7 Å². The second-order valence-electron chi connectivity index (χ2n) is 9.90. The second kappa shape index (κ2) is 8.90. The molecule has 0 atom stereocenters. The van der Waals surface area contributed by atoms with Gasteiger partial charge in [-0.2, -0.15) is 0 Å². The Balaban J connectivity index is 1.70. The Labute approximate surface area is 194 Å². The number of benzene rings is 2. The summed E-state index contributed by atoms with van der Waals surface area (Å²) in [7, 11) is 0. The predicted octanol–water partition coefficient (Wildman–Crippen LogP) is 4.40. The Bertz CT molecular complexity index is 1330. The van der Waals surface area contributed by atoms with Crippen LogP contribution in [-0.4, -0.2) is 30.1 Å². The van der Waals surface area contributed by atoms with Gasteiger partial charge in [-0.1, -0.05) is 42.0 Å². The first-order chi connectivity index (χ1) is 15.6. The third kappa shape index (κ3) is 5.03. The molecule has 0 aliphatic carbocycles. The van der Waals surface area contributed by atoms with Crippen molar-refractivity contribution in [3.63, 3.8) is 0 Å². The zero-order chi connectivity index (χ0) is 23.8. The summed E-state index contributed by atoms with van der Waals surface area (Å²) in [5.74, 6) is 0.776. The molecule has 0 saturated carbocycles. The first-order valence-electron chi connectivity index (χ1n) is 11.3. The van der Waals surface area contributed by atoms with E-state index in [9.17, 15) is 4.79 Å². The molecule has 0 saturated heterocycles. The first-order valence-corrected chi connectivity index (χ1v) is 11.3. The maximum atomic E-state index is 13.0. The molecule has 2 heterocycles. The molecule has 7 nitrogen and oxygen atoms in total. The Morgan fingerprint density at radius 3 is 2.39 bits per heavy atom. The lowest BCUT2D eigenvalue weighted by atomic mass is 10.0. The number of tetrazole rings is 1. The molecule has 0 unspecified atom stereocenters. The zero-order valence-electron chi connectivity index (χ0n) is 20.3. The van der Waals surface area contributed by atoms with Crippen LogP contribution in [0.25, 0.3) is 10.9 Å². The number of H-pyrrole nitrogens is 1. The van der Waals surface area contributed by atoms with Gasteiger partial charge in [0.25, 0.3) is 5.56 Å². The van der Waals surface area contributed by atoms with Gasteiger partial charge in [0, 0.05) is 18.7 Å². The molecule has 0 aliphatic heterocycles. The van der Waals surface area contributed by atoms with E-state index in [0.717, 1.165) is 27.9 Å². The van der Waals surface area contributed by atoms with Gasteiger partial charge in [0.1, 0.15) is 0 Å². The van der Waals surface area contributed by atoms with Gasteiger partial charge >= 0.3 is 0 Å². The van der Waals surface area contributed by atoms with E-state index in [0.29, 0.717) is 19.6 Å². The third-order valence-electron chi connectivity index (χ3n) is 6.08. The number of aromatic nitrogens is 5. The normalized spacial score (nSPS) is 12.1. The monoisotopic (exact) mass is 444 g/mol. The zero-order valence-corrected chi connectivity index (χ0v) is 20.3. The fourth-order valence-corrected chi connectivity index (χ4v) is 4.07. The number of nitrogens with zero attached hydrogens (tertiary/aromatic N) is 5. The standard InChI is InChI=1S/C26H32N6O/c1-17-7-10-20(11-8-17)14-31(16-23-28-29-30-32(23)26(4,5)6)15-22-13-21-12-9-18(2)19(3)24(21)27-25(22)33/h7-13H,14-16H2,1-6H3,(H,27,33). The second-order valence-corrected chi connectivity index (χ2v) is 9.90. The van der Waals surface area contributed by atoms with Crippen molar-refractivity contribution < 1.29 is 0 Å². The molecule has 0 fully saturated rings. The fraction of sp³-hybridized carbons (Fsp3) is 0.385. The highest BCUT2D eigenvalue weighted by Crippen LogP contribution is 2.21. The smallest absolute Gasteiger partial charge is 0.252 e. The van der Waals surface area contributed by atoms with Crippen molar-refractivity contribution in [3.8, 4) is 0 Å². The lowest BCUT2D eigenvalue weighted by molar-refractivity contribution is 0.223. The highest BCUT2D eigenvalue weighted by atomic mass is 16.1. The van der Waals surface area contributed by atoms with Gasteiger partial charge in [-0.25, -0.2) is 4.68 Å². The molecule has 4 aromatic rings. The van der Waals surface area contributed by atoms with Gasteiger partial charge in [0.15, 0.2) is 5.82 Å². The quantitative estimate of drug-likeness (QED) is 0.477. The summed E-state index contributed by atoms with van der Waals surface area (Å²) in [5, 5.41) is 13.4. The van der Waals surface area contributed by atoms with E-state index < -0.39 is 0 Å². The number of fused-ring (bicyclic) bond motifs is 1. The molecule has 2 aromatic carbocycles. The van der Waals surface area contributed by atoms with Crippen LogP contribution in [-0.2, 0) is 25.2 Å². The number of aryl methyl sites for hydroxylation is 3. The maximum absolute atomic E-state index is 13.0. The molecule has 7 heteroatoms. The van der Waals surface area contributed by atoms with Gasteiger partial charge in [-0.3, -0.25) is 9.69 Å². The number of hydrogen-bond donors (Lipinski definition) is 1. The van der Waals surface area contributed by atoms with Crippen molar-refractivity contribution >= 4 is 10.9 Å². The molecule has 0 bridgehead atoms. The molecule has 0 spiro atoms. The summed E-state index contributed by atoms with van der Waals surface area (Å²) >= 11 is 0. The number of pyridine rings is 1. The van der Waals surface area contributed by atoms with Crippen LogP contribution in [0.2, 0.25) is 0 Å². The minimum absolute atomic E-state index is 0.0551. The first kappa shape index (κ1) is 22.9. The van der Waals surface area contributed by atoms with Crippen LogP contribution in [0.5, 0.6) is 0 Å². The molecular weight excluding hydrogens is 412 g/mol. The lowest BCUT2D eigenvalue weighted by Gasteiger charge is -2.25. The van der Waals surface area contributed by atoms with Gasteiger partial charge in [0.2, 0.25) is 0 Å². The Hall–Kier alpha value is -3.32. The van der Waals surface area contributed by atoms with Crippen molar-refractivity contribution in [1.29, 1.82) is 0 Å². The number of aromatic amines is 1. The average Bonchev–Trinajstić information content (AvgIpc) is 3.22. The molecule has 0 radical (unpaired) electrons. The highest BCUT2D eigenvalue weighted by Gasteiger charge is 2.22. The van der Waals surface area contributed by atoms with Crippen molar-refractivity contribution in [2.75, 3.05) is 0 Å². The van der Waals surface area contributed by atoms with E-state index in [2.05, 4.69) is 96.4 Å². The van der Waals surface area contributed by atoms with Crippen LogP contribution >= 0.6 is 0 Å². The SMILES string of the molecule is Cc1ccc(CN(Cc2cc3ccc(C)c(C)c3[nH]c2=O)Cc2nnnn2C(C)(C)C)cc1. The van der Waals surface area contributed by atoms with Crippen molar-refractivity contribution in [2.24, 2.45) is 0 Å². The molecule has 33 heavy (non-hydrogen) atoms. The topological polar surface area (TPSA) is 79.7 Å².